The van der Waals surface area contributed by atoms with Gasteiger partial charge in [-0.05, 0) is 32.1 Å². The first kappa shape index (κ1) is 19.7. The minimum Gasteiger partial charge on any atom is -0.357 e. The van der Waals surface area contributed by atoms with Crippen molar-refractivity contribution in [3.8, 4) is 12.3 Å². The second-order valence-electron chi connectivity index (χ2n) is 4.81. The average molecular weight is 400 g/mol. The molecule has 0 amide bonds. The zero-order valence-corrected chi connectivity index (χ0v) is 15.3. The van der Waals surface area contributed by atoms with Gasteiger partial charge in [-0.3, -0.25) is 0 Å². The van der Waals surface area contributed by atoms with Gasteiger partial charge >= 0.3 is 0 Å². The molecule has 0 bridgehead atoms. The molecule has 0 unspecified atom stereocenters. The Balaban J connectivity index is 0.00000400. The summed E-state index contributed by atoms with van der Waals surface area (Å²) >= 11 is 0. The maximum Gasteiger partial charge on any atom is 0.192 e. The molecule has 0 radical (unpaired) electrons. The molecule has 5 heteroatoms. The minimum absolute atomic E-state index is 0. The van der Waals surface area contributed by atoms with E-state index in [0.717, 1.165) is 19.0 Å². The Hall–Kier alpha value is -1.26. The number of nitrogens with zero attached hydrogens (tertiary/aromatic N) is 2. The van der Waals surface area contributed by atoms with Gasteiger partial charge in [0.1, 0.15) is 0 Å². The normalized spacial score (nSPS) is 10.7. The van der Waals surface area contributed by atoms with Gasteiger partial charge in [0, 0.05) is 13.1 Å². The number of terminal acetylenes is 1. The van der Waals surface area contributed by atoms with E-state index in [-0.39, 0.29) is 24.0 Å². The molecule has 116 valence electrons. The monoisotopic (exact) mass is 400 g/mol. The second-order valence-corrected chi connectivity index (χ2v) is 4.81. The van der Waals surface area contributed by atoms with Crippen LogP contribution in [0.3, 0.4) is 0 Å². The van der Waals surface area contributed by atoms with E-state index in [9.17, 15) is 0 Å². The quantitative estimate of drug-likeness (QED) is 0.333. The fourth-order valence-electron chi connectivity index (χ4n) is 1.76. The summed E-state index contributed by atoms with van der Waals surface area (Å²) in [5, 5.41) is 6.24. The van der Waals surface area contributed by atoms with E-state index in [1.165, 1.54) is 11.1 Å². The molecule has 0 fully saturated rings. The highest BCUT2D eigenvalue weighted by Gasteiger charge is 1.98. The number of guanidine groups is 1. The molecule has 0 aliphatic rings. The summed E-state index contributed by atoms with van der Waals surface area (Å²) < 4.78 is 0. The van der Waals surface area contributed by atoms with E-state index in [2.05, 4.69) is 64.8 Å². The number of benzene rings is 1. The van der Waals surface area contributed by atoms with E-state index in [1.54, 1.807) is 0 Å². The molecule has 1 aromatic carbocycles. The summed E-state index contributed by atoms with van der Waals surface area (Å²) in [6, 6.07) is 8.53. The first-order valence-electron chi connectivity index (χ1n) is 6.84. The first-order valence-corrected chi connectivity index (χ1v) is 6.84. The van der Waals surface area contributed by atoms with Crippen LogP contribution in [0.25, 0.3) is 0 Å². The zero-order valence-electron chi connectivity index (χ0n) is 13.0. The summed E-state index contributed by atoms with van der Waals surface area (Å²) in [7, 11) is 4.14. The average Bonchev–Trinajstić information content (AvgIpc) is 2.43. The second kappa shape index (κ2) is 11.4. The number of rotatable bonds is 6. The third-order valence-electron chi connectivity index (χ3n) is 2.64. The van der Waals surface area contributed by atoms with Gasteiger partial charge in [-0.1, -0.05) is 30.2 Å². The molecule has 2 N–H and O–H groups in total. The molecule has 0 aromatic heterocycles. The van der Waals surface area contributed by atoms with Crippen LogP contribution in [0.4, 0.5) is 0 Å². The summed E-state index contributed by atoms with van der Waals surface area (Å²) in [4.78, 5) is 6.65. The van der Waals surface area contributed by atoms with E-state index >= 15 is 0 Å². The van der Waals surface area contributed by atoms with Crippen LogP contribution in [0.2, 0.25) is 0 Å². The maximum absolute atomic E-state index is 5.24. The largest absolute Gasteiger partial charge is 0.357 e. The number of hydrogen-bond donors (Lipinski definition) is 2. The van der Waals surface area contributed by atoms with Crippen LogP contribution in [0.5, 0.6) is 0 Å². The molecule has 4 nitrogen and oxygen atoms in total. The fraction of sp³-hybridized carbons (Fsp3) is 0.438. The van der Waals surface area contributed by atoms with Gasteiger partial charge in [-0.15, -0.1) is 30.4 Å². The molecular formula is C16H25IN4. The standard InChI is InChI=1S/C16H24N4.HI/c1-5-11-18-16(17-6-2)19-12-14-7-9-15(10-8-14)13-20(3)4;/h1,7-10H,6,11-13H2,2-4H3,(H2,17,18,19);1H. The van der Waals surface area contributed by atoms with Crippen LogP contribution >= 0.6 is 24.0 Å². The SMILES string of the molecule is C#CCNC(=NCc1ccc(CN(C)C)cc1)NCC.I. The summed E-state index contributed by atoms with van der Waals surface area (Å²) in [5.41, 5.74) is 2.49. The van der Waals surface area contributed by atoms with Gasteiger partial charge < -0.3 is 15.5 Å². The van der Waals surface area contributed by atoms with Gasteiger partial charge in [0.15, 0.2) is 5.96 Å². The third kappa shape index (κ3) is 8.58. The molecule has 0 saturated heterocycles. The Labute approximate surface area is 145 Å². The van der Waals surface area contributed by atoms with E-state index in [0.29, 0.717) is 13.1 Å². The lowest BCUT2D eigenvalue weighted by Gasteiger charge is -2.10. The molecule has 21 heavy (non-hydrogen) atoms. The Kier molecular flexibility index (Phi) is 10.7. The molecule has 1 rings (SSSR count). The van der Waals surface area contributed by atoms with Crippen molar-refractivity contribution in [1.82, 2.24) is 15.5 Å². The fourth-order valence-corrected chi connectivity index (χ4v) is 1.76. The summed E-state index contributed by atoms with van der Waals surface area (Å²) in [6.45, 7) is 4.92. The van der Waals surface area contributed by atoms with Crippen molar-refractivity contribution in [2.24, 2.45) is 4.99 Å². The van der Waals surface area contributed by atoms with Crippen LogP contribution in [0.15, 0.2) is 29.3 Å². The molecular weight excluding hydrogens is 375 g/mol. The molecule has 0 aliphatic heterocycles. The van der Waals surface area contributed by atoms with Crippen LogP contribution in [-0.2, 0) is 13.1 Å². The molecule has 1 aromatic rings. The van der Waals surface area contributed by atoms with Crippen molar-refractivity contribution in [3.63, 3.8) is 0 Å². The molecule has 0 heterocycles. The Morgan fingerprint density at radius 3 is 2.33 bits per heavy atom. The third-order valence-corrected chi connectivity index (χ3v) is 2.64. The molecule has 0 atom stereocenters. The lowest BCUT2D eigenvalue weighted by atomic mass is 10.1. The number of hydrogen-bond acceptors (Lipinski definition) is 2. The van der Waals surface area contributed by atoms with Crippen LogP contribution < -0.4 is 10.6 Å². The Morgan fingerprint density at radius 2 is 1.81 bits per heavy atom. The first-order chi connectivity index (χ1) is 9.65. The molecule has 0 aliphatic carbocycles. The predicted octanol–water partition coefficient (Wildman–Crippen LogP) is 2.05. The van der Waals surface area contributed by atoms with Gasteiger partial charge in [-0.2, -0.15) is 0 Å². The maximum atomic E-state index is 5.24. The predicted molar refractivity (Wildman–Crippen MR) is 101 cm³/mol. The Morgan fingerprint density at radius 1 is 1.19 bits per heavy atom. The highest BCUT2D eigenvalue weighted by molar-refractivity contribution is 14.0. The van der Waals surface area contributed by atoms with Crippen LogP contribution in [0.1, 0.15) is 18.1 Å². The van der Waals surface area contributed by atoms with E-state index in [1.807, 2.05) is 6.92 Å². The van der Waals surface area contributed by atoms with Gasteiger partial charge in [0.25, 0.3) is 0 Å². The lowest BCUT2D eigenvalue weighted by molar-refractivity contribution is 0.402. The van der Waals surface area contributed by atoms with Crippen molar-refractivity contribution >= 4 is 29.9 Å². The zero-order chi connectivity index (χ0) is 14.8. The van der Waals surface area contributed by atoms with Crippen molar-refractivity contribution in [1.29, 1.82) is 0 Å². The highest BCUT2D eigenvalue weighted by atomic mass is 127. The minimum atomic E-state index is 0. The number of nitrogens with one attached hydrogen (secondary N) is 2. The summed E-state index contributed by atoms with van der Waals surface area (Å²) in [5.74, 6) is 3.30. The smallest absolute Gasteiger partial charge is 0.192 e. The van der Waals surface area contributed by atoms with E-state index < -0.39 is 0 Å². The van der Waals surface area contributed by atoms with Gasteiger partial charge in [-0.25, -0.2) is 4.99 Å². The highest BCUT2D eigenvalue weighted by Crippen LogP contribution is 2.07. The van der Waals surface area contributed by atoms with Crippen LogP contribution in [0, 0.1) is 12.3 Å². The number of halogens is 1. The van der Waals surface area contributed by atoms with Crippen molar-refractivity contribution in [3.05, 3.63) is 35.4 Å². The van der Waals surface area contributed by atoms with Crippen molar-refractivity contribution in [2.75, 3.05) is 27.2 Å². The summed E-state index contributed by atoms with van der Waals surface area (Å²) in [6.07, 6.45) is 5.24. The van der Waals surface area contributed by atoms with Crippen molar-refractivity contribution in [2.45, 2.75) is 20.0 Å². The molecule has 0 spiro atoms. The van der Waals surface area contributed by atoms with Gasteiger partial charge in [0.2, 0.25) is 0 Å². The Bertz CT molecular complexity index is 460. The van der Waals surface area contributed by atoms with Crippen LogP contribution in [-0.4, -0.2) is 38.0 Å². The number of aliphatic imine (C=N–C) groups is 1. The van der Waals surface area contributed by atoms with Crippen molar-refractivity contribution < 1.29 is 0 Å². The lowest BCUT2D eigenvalue weighted by Crippen LogP contribution is -2.37. The van der Waals surface area contributed by atoms with E-state index in [4.69, 9.17) is 6.42 Å². The topological polar surface area (TPSA) is 39.7 Å². The molecule has 0 saturated carbocycles. The van der Waals surface area contributed by atoms with Gasteiger partial charge in [0.05, 0.1) is 13.1 Å².